The maximum Gasteiger partial charge on any atom is 0.310 e. The third kappa shape index (κ3) is 3.39. The van der Waals surface area contributed by atoms with E-state index in [2.05, 4.69) is 22.3 Å². The van der Waals surface area contributed by atoms with Crippen LogP contribution in [-0.4, -0.2) is 38.3 Å². The van der Waals surface area contributed by atoms with Crippen molar-refractivity contribution in [3.8, 4) is 0 Å². The molecule has 2 rings (SSSR count). The number of carboxylic acid groups (broad SMARTS) is 1. The molecule has 2 aromatic rings. The van der Waals surface area contributed by atoms with Crippen molar-refractivity contribution < 1.29 is 14.7 Å². The Bertz CT molecular complexity index is 779. The number of aromatic nitrogens is 3. The van der Waals surface area contributed by atoms with E-state index in [0.717, 1.165) is 12.1 Å². The number of fused-ring (bicyclic) bond motifs is 1. The predicted molar refractivity (Wildman–Crippen MR) is 91.0 cm³/mol. The fourth-order valence-electron chi connectivity index (χ4n) is 2.30. The van der Waals surface area contributed by atoms with Crippen LogP contribution in [0, 0.1) is 12.3 Å². The topological polar surface area (TPSA) is 97.1 Å². The fourth-order valence-corrected chi connectivity index (χ4v) is 2.30. The van der Waals surface area contributed by atoms with Crippen LogP contribution in [0.1, 0.15) is 56.2 Å². The minimum absolute atomic E-state index is 0.0452. The summed E-state index contributed by atoms with van der Waals surface area (Å²) in [6, 6.07) is 1.88. The normalized spacial score (nSPS) is 13.0. The molecule has 0 saturated heterocycles. The highest BCUT2D eigenvalue weighted by molar-refractivity contribution is 6.05. The molecule has 2 N–H and O–H groups in total. The minimum Gasteiger partial charge on any atom is -0.481 e. The molecule has 0 aliphatic rings. The molecule has 1 amide bonds. The lowest BCUT2D eigenvalue weighted by Gasteiger charge is -2.19. The number of amides is 1. The van der Waals surface area contributed by atoms with Gasteiger partial charge in [-0.05, 0) is 40.2 Å². The van der Waals surface area contributed by atoms with Crippen LogP contribution in [0.2, 0.25) is 0 Å². The summed E-state index contributed by atoms with van der Waals surface area (Å²) in [5, 5.41) is 16.9. The number of nitrogens with one attached hydrogen (secondary N) is 1. The van der Waals surface area contributed by atoms with E-state index in [4.69, 9.17) is 5.11 Å². The van der Waals surface area contributed by atoms with Crippen LogP contribution in [0.15, 0.2) is 12.3 Å². The molecule has 7 nitrogen and oxygen atoms in total. The molecule has 1 atom stereocenters. The third-order valence-electron chi connectivity index (χ3n) is 4.22. The number of nitrogens with zero attached hydrogens (tertiary/aromatic N) is 3. The van der Waals surface area contributed by atoms with Gasteiger partial charge in [-0.25, -0.2) is 9.67 Å². The standard InChI is InChI=1S/C17H24N4O3/c1-6-11(3)21-14-13(8-19-21)12(7-10(2)20-14)15(22)18-9-17(4,5)16(23)24/h7-8,11H,6,9H2,1-5H3,(H,18,22)(H,23,24). The second-order valence-corrected chi connectivity index (χ2v) is 6.77. The van der Waals surface area contributed by atoms with E-state index in [9.17, 15) is 9.59 Å². The first-order chi connectivity index (χ1) is 11.2. The molecular formula is C17H24N4O3. The Morgan fingerprint density at radius 2 is 2.08 bits per heavy atom. The number of aliphatic carboxylic acids is 1. The molecule has 1 unspecified atom stereocenters. The van der Waals surface area contributed by atoms with E-state index in [1.54, 1.807) is 26.1 Å². The second-order valence-electron chi connectivity index (χ2n) is 6.77. The molecule has 2 aromatic heterocycles. The van der Waals surface area contributed by atoms with Gasteiger partial charge in [0.05, 0.1) is 28.6 Å². The van der Waals surface area contributed by atoms with Gasteiger partial charge < -0.3 is 10.4 Å². The second kappa shape index (κ2) is 6.59. The first kappa shape index (κ1) is 17.9. The maximum absolute atomic E-state index is 12.6. The number of hydrogen-bond acceptors (Lipinski definition) is 4. The molecule has 24 heavy (non-hydrogen) atoms. The largest absolute Gasteiger partial charge is 0.481 e. The summed E-state index contributed by atoms with van der Waals surface area (Å²) in [7, 11) is 0. The van der Waals surface area contributed by atoms with Crippen LogP contribution in [0.25, 0.3) is 11.0 Å². The van der Waals surface area contributed by atoms with Crippen molar-refractivity contribution in [1.29, 1.82) is 0 Å². The van der Waals surface area contributed by atoms with E-state index < -0.39 is 11.4 Å². The Morgan fingerprint density at radius 1 is 1.42 bits per heavy atom. The highest BCUT2D eigenvalue weighted by atomic mass is 16.4. The SMILES string of the molecule is CCC(C)n1ncc2c(C(=O)NCC(C)(C)C(=O)O)cc(C)nc21. The first-order valence-electron chi connectivity index (χ1n) is 8.03. The molecule has 0 aliphatic carbocycles. The summed E-state index contributed by atoms with van der Waals surface area (Å²) in [4.78, 5) is 28.2. The molecular weight excluding hydrogens is 308 g/mol. The van der Waals surface area contributed by atoms with Crippen LogP contribution < -0.4 is 5.32 Å². The lowest BCUT2D eigenvalue weighted by atomic mass is 9.94. The smallest absolute Gasteiger partial charge is 0.310 e. The number of carbonyl (C=O) groups excluding carboxylic acids is 1. The quantitative estimate of drug-likeness (QED) is 0.847. The molecule has 2 heterocycles. The number of pyridine rings is 1. The van der Waals surface area contributed by atoms with E-state index in [1.165, 1.54) is 0 Å². The molecule has 0 spiro atoms. The number of carboxylic acids is 1. The zero-order chi connectivity index (χ0) is 18.1. The predicted octanol–water partition coefficient (Wildman–Crippen LogP) is 2.55. The molecule has 130 valence electrons. The van der Waals surface area contributed by atoms with Crippen molar-refractivity contribution >= 4 is 22.9 Å². The average molecular weight is 332 g/mol. The molecule has 0 aliphatic heterocycles. The first-order valence-corrected chi connectivity index (χ1v) is 8.03. The van der Waals surface area contributed by atoms with Crippen molar-refractivity contribution in [1.82, 2.24) is 20.1 Å². The van der Waals surface area contributed by atoms with Crippen LogP contribution in [0.5, 0.6) is 0 Å². The Labute approximate surface area is 141 Å². The van der Waals surface area contributed by atoms with Gasteiger partial charge in [-0.3, -0.25) is 9.59 Å². The molecule has 0 bridgehead atoms. The third-order valence-corrected chi connectivity index (χ3v) is 4.22. The number of aryl methyl sites for hydroxylation is 1. The fraction of sp³-hybridized carbons (Fsp3) is 0.529. The summed E-state index contributed by atoms with van der Waals surface area (Å²) in [5.74, 6) is -1.27. The van der Waals surface area contributed by atoms with Gasteiger partial charge in [0.2, 0.25) is 0 Å². The molecule has 0 aromatic carbocycles. The van der Waals surface area contributed by atoms with Gasteiger partial charge in [0.1, 0.15) is 0 Å². The highest BCUT2D eigenvalue weighted by Gasteiger charge is 2.28. The van der Waals surface area contributed by atoms with Gasteiger partial charge in [-0.2, -0.15) is 5.10 Å². The number of hydrogen-bond donors (Lipinski definition) is 2. The summed E-state index contributed by atoms with van der Waals surface area (Å²) >= 11 is 0. The van der Waals surface area contributed by atoms with Gasteiger partial charge in [0.25, 0.3) is 5.91 Å². The van der Waals surface area contributed by atoms with Gasteiger partial charge in [0.15, 0.2) is 5.65 Å². The van der Waals surface area contributed by atoms with E-state index in [1.807, 2.05) is 18.5 Å². The lowest BCUT2D eigenvalue weighted by molar-refractivity contribution is -0.146. The van der Waals surface area contributed by atoms with Gasteiger partial charge in [0, 0.05) is 12.2 Å². The summed E-state index contributed by atoms with van der Waals surface area (Å²) in [6.45, 7) is 9.13. The van der Waals surface area contributed by atoms with Crippen molar-refractivity contribution in [2.24, 2.45) is 5.41 Å². The maximum atomic E-state index is 12.6. The van der Waals surface area contributed by atoms with E-state index in [0.29, 0.717) is 16.6 Å². The van der Waals surface area contributed by atoms with Crippen molar-refractivity contribution in [2.45, 2.75) is 47.1 Å². The molecule has 0 fully saturated rings. The van der Waals surface area contributed by atoms with Crippen molar-refractivity contribution in [3.05, 3.63) is 23.5 Å². The number of rotatable bonds is 6. The molecule has 7 heteroatoms. The zero-order valence-electron chi connectivity index (χ0n) is 14.8. The summed E-state index contributed by atoms with van der Waals surface area (Å²) < 4.78 is 1.82. The van der Waals surface area contributed by atoms with E-state index in [-0.39, 0.29) is 18.5 Å². The molecule has 0 saturated carbocycles. The number of carbonyl (C=O) groups is 2. The molecule has 0 radical (unpaired) electrons. The van der Waals surface area contributed by atoms with Gasteiger partial charge >= 0.3 is 5.97 Å². The summed E-state index contributed by atoms with van der Waals surface area (Å²) in [5.41, 5.74) is 0.827. The Morgan fingerprint density at radius 3 is 2.67 bits per heavy atom. The average Bonchev–Trinajstić information content (AvgIpc) is 2.94. The van der Waals surface area contributed by atoms with Crippen LogP contribution in [0.3, 0.4) is 0 Å². The minimum atomic E-state index is -1.03. The van der Waals surface area contributed by atoms with Gasteiger partial charge in [-0.15, -0.1) is 0 Å². The highest BCUT2D eigenvalue weighted by Crippen LogP contribution is 2.22. The Hall–Kier alpha value is -2.44. The van der Waals surface area contributed by atoms with E-state index >= 15 is 0 Å². The van der Waals surface area contributed by atoms with Gasteiger partial charge in [-0.1, -0.05) is 6.92 Å². The lowest BCUT2D eigenvalue weighted by Crippen LogP contribution is -2.39. The monoisotopic (exact) mass is 332 g/mol. The zero-order valence-corrected chi connectivity index (χ0v) is 14.8. The van der Waals surface area contributed by atoms with Crippen LogP contribution in [-0.2, 0) is 4.79 Å². The Balaban J connectivity index is 2.37. The van der Waals surface area contributed by atoms with Crippen LogP contribution in [0.4, 0.5) is 0 Å². The summed E-state index contributed by atoms with van der Waals surface area (Å²) in [6.07, 6.45) is 2.55. The van der Waals surface area contributed by atoms with Crippen LogP contribution >= 0.6 is 0 Å². The van der Waals surface area contributed by atoms with Crippen molar-refractivity contribution in [2.75, 3.05) is 6.54 Å². The van der Waals surface area contributed by atoms with Crippen molar-refractivity contribution in [3.63, 3.8) is 0 Å². The Kier molecular flexibility index (Phi) is 4.91.